The van der Waals surface area contributed by atoms with Crippen LogP contribution in [-0.4, -0.2) is 5.43 Å². The molecule has 0 bridgehead atoms. The molecule has 2 aliphatic carbocycles. The van der Waals surface area contributed by atoms with E-state index in [-0.39, 0.29) is 24.8 Å². The summed E-state index contributed by atoms with van der Waals surface area (Å²) in [7, 11) is 0. The first-order valence-corrected chi connectivity index (χ1v) is 23.8. The van der Waals surface area contributed by atoms with Crippen LogP contribution >= 0.6 is 22.7 Å². The van der Waals surface area contributed by atoms with Gasteiger partial charge in [-0.15, -0.1) is 0 Å². The van der Waals surface area contributed by atoms with E-state index in [4.69, 9.17) is 0 Å². The van der Waals surface area contributed by atoms with Crippen molar-refractivity contribution in [2.24, 2.45) is 0 Å². The number of allylic oxidation sites excluding steroid dienone is 2. The summed E-state index contributed by atoms with van der Waals surface area (Å²) in [4.78, 5) is 2.81. The Morgan fingerprint density at radius 2 is 1.11 bits per heavy atom. The third-order valence-corrected chi connectivity index (χ3v) is 29.2. The Kier molecular flexibility index (Phi) is 9.99. The number of hydrogen-bond acceptors (Lipinski definition) is 2. The summed E-state index contributed by atoms with van der Waals surface area (Å²) < 4.78 is 1.40. The number of halogens is 2. The van der Waals surface area contributed by atoms with Crippen LogP contribution in [0, 0.1) is 0 Å². The molecular formula is C32H32Cl2S2SiZr. The van der Waals surface area contributed by atoms with Crippen molar-refractivity contribution in [1.29, 1.82) is 0 Å². The van der Waals surface area contributed by atoms with Crippen LogP contribution in [0.5, 0.6) is 0 Å². The Hall–Kier alpha value is -1.000. The van der Waals surface area contributed by atoms with Crippen LogP contribution in [0.25, 0.3) is 33.0 Å². The molecule has 0 nitrogen and oxygen atoms in total. The molecule has 0 saturated carbocycles. The predicted molar refractivity (Wildman–Crippen MR) is 159 cm³/mol. The quantitative estimate of drug-likeness (QED) is 0.267. The van der Waals surface area contributed by atoms with Gasteiger partial charge in [-0.25, -0.2) is 0 Å². The minimum Gasteiger partial charge on any atom is -1.00 e. The Bertz CT molecular complexity index is 1420. The van der Waals surface area contributed by atoms with Gasteiger partial charge in [-0.2, -0.15) is 0 Å². The predicted octanol–water partition coefficient (Wildman–Crippen LogP) is 4.42. The van der Waals surface area contributed by atoms with E-state index in [0.29, 0.717) is 7.25 Å². The van der Waals surface area contributed by atoms with Crippen LogP contribution < -0.4 is 24.8 Å². The third-order valence-electron chi connectivity index (χ3n) is 7.89. The molecule has 194 valence electrons. The summed E-state index contributed by atoms with van der Waals surface area (Å²) in [5, 5.41) is 4.43. The molecule has 6 rings (SSSR count). The Labute approximate surface area is 255 Å². The zero-order valence-electron chi connectivity index (χ0n) is 22.2. The molecule has 2 aromatic carbocycles. The molecule has 2 atom stereocenters. The van der Waals surface area contributed by atoms with Gasteiger partial charge in [-0.3, -0.25) is 0 Å². The molecule has 0 aliphatic heterocycles. The Morgan fingerprint density at radius 1 is 0.658 bits per heavy atom. The smallest absolute Gasteiger partial charge is 1.00 e. The summed E-state index contributed by atoms with van der Waals surface area (Å²) in [5.74, 6) is 0. The molecule has 2 aliphatic rings. The van der Waals surface area contributed by atoms with Crippen molar-refractivity contribution in [2.45, 2.75) is 47.0 Å². The second kappa shape index (κ2) is 12.7. The number of benzene rings is 2. The second-order valence-electron chi connectivity index (χ2n) is 10.0. The van der Waals surface area contributed by atoms with E-state index in [1.54, 1.807) is 22.3 Å². The monoisotopic (exact) mass is 668 g/mol. The number of rotatable bonds is 6. The third kappa shape index (κ3) is 5.11. The number of fused-ring (bicyclic) bond motifs is 2. The molecule has 4 aromatic rings. The van der Waals surface area contributed by atoms with Gasteiger partial charge >= 0.3 is 233 Å². The van der Waals surface area contributed by atoms with Crippen molar-refractivity contribution in [3.05, 3.63) is 105 Å². The number of hydrogen-bond donors (Lipinski definition) is 0. The zero-order valence-corrected chi connectivity index (χ0v) is 28.8. The average Bonchev–Trinajstić information content (AvgIpc) is 3.70. The minimum absolute atomic E-state index is 0. The molecule has 0 saturated heterocycles. The fraction of sp³-hybridized carbons (Fsp3) is 0.250. The van der Waals surface area contributed by atoms with Gasteiger partial charge in [0, 0.05) is 0 Å². The number of thiophene rings is 2. The SMILES string of the molecule is CCC1=Cc2c(-c3cccs3)cccc2[CH]1[Zr+2]([CH]1C(CC)=Cc2c(-c3cccs3)cccc21)=[Si](C)C.[Cl-].[Cl-]. The maximum Gasteiger partial charge on any atom is -1.00 e. The molecule has 6 heteroatoms. The summed E-state index contributed by atoms with van der Waals surface area (Å²) >= 11 is 1.69. The van der Waals surface area contributed by atoms with Crippen LogP contribution in [-0.2, 0) is 20.4 Å². The molecule has 0 amide bonds. The van der Waals surface area contributed by atoms with Crippen molar-refractivity contribution in [3.8, 4) is 20.9 Å². The van der Waals surface area contributed by atoms with Crippen LogP contribution in [0.3, 0.4) is 0 Å². The topological polar surface area (TPSA) is 0 Å². The van der Waals surface area contributed by atoms with Gasteiger partial charge in [0.25, 0.3) is 0 Å². The maximum atomic E-state index is 2.64. The fourth-order valence-electron chi connectivity index (χ4n) is 6.31. The van der Waals surface area contributed by atoms with E-state index in [2.05, 4.69) is 111 Å². The van der Waals surface area contributed by atoms with E-state index in [1.807, 2.05) is 22.7 Å². The van der Waals surface area contributed by atoms with Crippen LogP contribution in [0.2, 0.25) is 13.1 Å². The molecule has 2 heterocycles. The molecule has 38 heavy (non-hydrogen) atoms. The molecule has 0 spiro atoms. The standard InChI is InChI=1S/2C15H13S.C2H6Si.2ClH.Zr/c2*1-2-11-9-12-5-3-6-13(14(12)10-11)15-7-4-8-16-15;1-3-2;;;/h2*3-10H,2H2,1H3;1-2H3;2*1H;/q;;;;;+2/p-2. The average molecular weight is 671 g/mol. The fourth-order valence-corrected chi connectivity index (χ4v) is 28.6. The summed E-state index contributed by atoms with van der Waals surface area (Å²) in [6, 6.07) is 23.3. The first-order valence-electron chi connectivity index (χ1n) is 13.0. The van der Waals surface area contributed by atoms with Gasteiger partial charge in [0.2, 0.25) is 0 Å². The first kappa shape index (κ1) is 30.0. The molecule has 0 radical (unpaired) electrons. The maximum absolute atomic E-state index is 2.64. The van der Waals surface area contributed by atoms with Crippen molar-refractivity contribution >= 4 is 40.3 Å². The van der Waals surface area contributed by atoms with Gasteiger partial charge in [0.15, 0.2) is 0 Å². The van der Waals surface area contributed by atoms with Crippen LogP contribution in [0.1, 0.15) is 56.2 Å². The molecule has 0 fully saturated rings. The summed E-state index contributed by atoms with van der Waals surface area (Å²) in [6.07, 6.45) is 7.55. The summed E-state index contributed by atoms with van der Waals surface area (Å²) in [6.45, 7) is 10.1. The van der Waals surface area contributed by atoms with E-state index in [0.717, 1.165) is 0 Å². The van der Waals surface area contributed by atoms with Gasteiger partial charge in [-0.05, 0) is 0 Å². The van der Waals surface area contributed by atoms with E-state index >= 15 is 0 Å². The van der Waals surface area contributed by atoms with Crippen molar-refractivity contribution in [3.63, 3.8) is 0 Å². The van der Waals surface area contributed by atoms with Crippen LogP contribution in [0.4, 0.5) is 0 Å². The molecule has 2 unspecified atom stereocenters. The first-order chi connectivity index (χ1) is 17.6. The Balaban J connectivity index is 0.00000168. The van der Waals surface area contributed by atoms with Crippen molar-refractivity contribution in [2.75, 3.05) is 0 Å². The van der Waals surface area contributed by atoms with E-state index < -0.39 is 25.8 Å². The van der Waals surface area contributed by atoms with Crippen molar-refractivity contribution in [1.82, 2.24) is 0 Å². The minimum atomic E-state index is -2.05. The van der Waals surface area contributed by atoms with E-state index in [9.17, 15) is 0 Å². The van der Waals surface area contributed by atoms with Gasteiger partial charge in [-0.1, -0.05) is 0 Å². The van der Waals surface area contributed by atoms with Crippen LogP contribution in [0.15, 0.2) is 82.6 Å². The Morgan fingerprint density at radius 3 is 1.45 bits per heavy atom. The second-order valence-corrected chi connectivity index (χ2v) is 29.8. The summed E-state index contributed by atoms with van der Waals surface area (Å²) in [5.41, 5.74) is 12.2. The van der Waals surface area contributed by atoms with Crippen molar-refractivity contribution < 1.29 is 45.2 Å². The molecule has 0 N–H and O–H groups in total. The molecule has 2 aromatic heterocycles. The van der Waals surface area contributed by atoms with Gasteiger partial charge in [0.05, 0.1) is 0 Å². The van der Waals surface area contributed by atoms with Gasteiger partial charge in [0.1, 0.15) is 0 Å². The zero-order chi connectivity index (χ0) is 24.8. The van der Waals surface area contributed by atoms with E-state index in [1.165, 1.54) is 44.8 Å². The molecular weight excluding hydrogens is 639 g/mol. The normalized spacial score (nSPS) is 16.8. The largest absolute Gasteiger partial charge is 1.00 e. The van der Waals surface area contributed by atoms with Gasteiger partial charge < -0.3 is 24.8 Å².